The molecule has 1 aromatic heterocycles. The van der Waals surface area contributed by atoms with Gasteiger partial charge in [-0.15, -0.1) is 0 Å². The topological polar surface area (TPSA) is 50.5 Å². The zero-order valence-electron chi connectivity index (χ0n) is 14.6. The Kier molecular flexibility index (Phi) is 6.37. The van der Waals surface area contributed by atoms with Crippen LogP contribution in [0, 0.1) is 0 Å². The van der Waals surface area contributed by atoms with Crippen LogP contribution in [0.25, 0.3) is 0 Å². The van der Waals surface area contributed by atoms with Crippen molar-refractivity contribution >= 4 is 12.6 Å². The number of rotatable bonds is 8. The van der Waals surface area contributed by atoms with Crippen molar-refractivity contribution < 1.29 is 4.79 Å². The predicted octanol–water partition coefficient (Wildman–Crippen LogP) is 3.04. The standard InChI is InChI=1S/C18H30N4O/c1-4-7-16-14-20-22(15-16)18(2)9-12-21(13-10-18)17(23)8-5-6-11-19-3/h14-15H,3-13H2,1-2H3. The zero-order valence-corrected chi connectivity index (χ0v) is 14.6. The van der Waals surface area contributed by atoms with Gasteiger partial charge in [0.2, 0.25) is 5.91 Å². The average Bonchev–Trinajstić information content (AvgIpc) is 3.02. The van der Waals surface area contributed by atoms with Crippen LogP contribution >= 0.6 is 0 Å². The second-order valence-electron chi connectivity index (χ2n) is 6.83. The van der Waals surface area contributed by atoms with Crippen molar-refractivity contribution in [3.05, 3.63) is 18.0 Å². The summed E-state index contributed by atoms with van der Waals surface area (Å²) in [5, 5.41) is 4.57. The molecule has 0 N–H and O–H groups in total. The van der Waals surface area contributed by atoms with Crippen molar-refractivity contribution in [3.63, 3.8) is 0 Å². The average molecular weight is 318 g/mol. The lowest BCUT2D eigenvalue weighted by Crippen LogP contribution is -2.46. The van der Waals surface area contributed by atoms with E-state index in [1.54, 1.807) is 0 Å². The molecule has 0 unspecified atom stereocenters. The van der Waals surface area contributed by atoms with E-state index in [2.05, 4.69) is 41.5 Å². The normalized spacial score (nSPS) is 17.2. The Labute approximate surface area is 139 Å². The smallest absolute Gasteiger partial charge is 0.222 e. The molecule has 0 aromatic carbocycles. The van der Waals surface area contributed by atoms with E-state index < -0.39 is 0 Å². The molecule has 2 heterocycles. The van der Waals surface area contributed by atoms with Gasteiger partial charge < -0.3 is 9.89 Å². The molecular formula is C18H30N4O. The second kappa shape index (κ2) is 8.27. The molecular weight excluding hydrogens is 288 g/mol. The molecule has 1 saturated heterocycles. The number of hydrogen-bond acceptors (Lipinski definition) is 3. The van der Waals surface area contributed by atoms with Gasteiger partial charge >= 0.3 is 0 Å². The number of aromatic nitrogens is 2. The Balaban J connectivity index is 1.84. The molecule has 5 nitrogen and oxygen atoms in total. The summed E-state index contributed by atoms with van der Waals surface area (Å²) >= 11 is 0. The van der Waals surface area contributed by atoms with Crippen LogP contribution < -0.4 is 0 Å². The summed E-state index contributed by atoms with van der Waals surface area (Å²) in [7, 11) is 0. The van der Waals surface area contributed by atoms with E-state index in [4.69, 9.17) is 0 Å². The minimum Gasteiger partial charge on any atom is -0.343 e. The van der Waals surface area contributed by atoms with Crippen LogP contribution in [0.5, 0.6) is 0 Å². The lowest BCUT2D eigenvalue weighted by Gasteiger charge is -2.39. The lowest BCUT2D eigenvalue weighted by molar-refractivity contribution is -0.133. The number of aryl methyl sites for hydroxylation is 1. The van der Waals surface area contributed by atoms with Gasteiger partial charge in [0, 0.05) is 32.3 Å². The van der Waals surface area contributed by atoms with Gasteiger partial charge in [0.1, 0.15) is 0 Å². The van der Waals surface area contributed by atoms with Gasteiger partial charge in [0.05, 0.1) is 11.7 Å². The van der Waals surface area contributed by atoms with E-state index in [-0.39, 0.29) is 11.4 Å². The van der Waals surface area contributed by atoms with E-state index >= 15 is 0 Å². The quantitative estimate of drug-likeness (QED) is 0.546. The first-order chi connectivity index (χ1) is 11.1. The summed E-state index contributed by atoms with van der Waals surface area (Å²) < 4.78 is 2.12. The Morgan fingerprint density at radius 3 is 2.78 bits per heavy atom. The molecule has 0 aliphatic carbocycles. The first-order valence-electron chi connectivity index (χ1n) is 8.83. The number of carbonyl (C=O) groups excluding carboxylic acids is 1. The maximum absolute atomic E-state index is 12.3. The van der Waals surface area contributed by atoms with Crippen molar-refractivity contribution in [1.82, 2.24) is 14.7 Å². The number of nitrogens with zero attached hydrogens (tertiary/aromatic N) is 4. The van der Waals surface area contributed by atoms with Crippen molar-refractivity contribution in [2.24, 2.45) is 4.99 Å². The molecule has 0 bridgehead atoms. The highest BCUT2D eigenvalue weighted by Crippen LogP contribution is 2.29. The number of carbonyl (C=O) groups is 1. The van der Waals surface area contributed by atoms with Crippen molar-refractivity contribution in [2.45, 2.75) is 64.3 Å². The van der Waals surface area contributed by atoms with Crippen LogP contribution in [0.4, 0.5) is 0 Å². The minimum absolute atomic E-state index is 0.0372. The van der Waals surface area contributed by atoms with Gasteiger partial charge in [-0.2, -0.15) is 5.10 Å². The van der Waals surface area contributed by atoms with Crippen LogP contribution in [-0.4, -0.2) is 46.9 Å². The highest BCUT2D eigenvalue weighted by Gasteiger charge is 2.33. The maximum Gasteiger partial charge on any atom is 0.222 e. The van der Waals surface area contributed by atoms with Crippen LogP contribution in [0.3, 0.4) is 0 Å². The van der Waals surface area contributed by atoms with Gasteiger partial charge in [0.15, 0.2) is 0 Å². The molecule has 1 aliphatic heterocycles. The minimum atomic E-state index is 0.0372. The SMILES string of the molecule is C=NCCCCC(=O)N1CCC(C)(n2cc(CCC)cn2)CC1. The van der Waals surface area contributed by atoms with Gasteiger partial charge in [-0.05, 0) is 51.3 Å². The number of unbranched alkanes of at least 4 members (excludes halogenated alkanes) is 1. The molecule has 1 fully saturated rings. The van der Waals surface area contributed by atoms with E-state index in [0.717, 1.165) is 58.2 Å². The number of amides is 1. The van der Waals surface area contributed by atoms with Gasteiger partial charge in [-0.3, -0.25) is 9.48 Å². The van der Waals surface area contributed by atoms with Crippen molar-refractivity contribution in [3.8, 4) is 0 Å². The number of likely N-dealkylation sites (tertiary alicyclic amines) is 1. The summed E-state index contributed by atoms with van der Waals surface area (Å²) in [6, 6.07) is 0. The molecule has 0 saturated carbocycles. The number of piperidine rings is 1. The van der Waals surface area contributed by atoms with E-state index in [9.17, 15) is 4.79 Å². The van der Waals surface area contributed by atoms with Gasteiger partial charge in [0.25, 0.3) is 0 Å². The molecule has 23 heavy (non-hydrogen) atoms. The third-order valence-electron chi connectivity index (χ3n) is 4.88. The fourth-order valence-corrected chi connectivity index (χ4v) is 3.20. The van der Waals surface area contributed by atoms with Crippen LogP contribution in [0.1, 0.15) is 57.9 Å². The molecule has 0 atom stereocenters. The first-order valence-corrected chi connectivity index (χ1v) is 8.83. The van der Waals surface area contributed by atoms with Crippen LogP contribution in [0.2, 0.25) is 0 Å². The summed E-state index contributed by atoms with van der Waals surface area (Å²) in [5.41, 5.74) is 1.35. The van der Waals surface area contributed by atoms with E-state index in [1.165, 1.54) is 5.56 Å². The largest absolute Gasteiger partial charge is 0.343 e. The Morgan fingerprint density at radius 2 is 2.13 bits per heavy atom. The van der Waals surface area contributed by atoms with E-state index in [1.807, 2.05) is 11.1 Å². The monoisotopic (exact) mass is 318 g/mol. The molecule has 5 heteroatoms. The van der Waals surface area contributed by atoms with E-state index in [0.29, 0.717) is 6.42 Å². The van der Waals surface area contributed by atoms with Crippen molar-refractivity contribution in [2.75, 3.05) is 19.6 Å². The predicted molar refractivity (Wildman–Crippen MR) is 94.0 cm³/mol. The highest BCUT2D eigenvalue weighted by molar-refractivity contribution is 5.76. The Bertz CT molecular complexity index is 515. The lowest BCUT2D eigenvalue weighted by atomic mass is 9.89. The van der Waals surface area contributed by atoms with Crippen LogP contribution in [-0.2, 0) is 16.8 Å². The highest BCUT2D eigenvalue weighted by atomic mass is 16.2. The summed E-state index contributed by atoms with van der Waals surface area (Å²) in [5.74, 6) is 0.281. The summed E-state index contributed by atoms with van der Waals surface area (Å²) in [6.07, 6.45) is 10.8. The zero-order chi connectivity index (χ0) is 16.7. The van der Waals surface area contributed by atoms with Crippen LogP contribution in [0.15, 0.2) is 17.4 Å². The summed E-state index contributed by atoms with van der Waals surface area (Å²) in [4.78, 5) is 18.1. The fraction of sp³-hybridized carbons (Fsp3) is 0.722. The number of hydrogen-bond donors (Lipinski definition) is 0. The maximum atomic E-state index is 12.3. The summed E-state index contributed by atoms with van der Waals surface area (Å²) in [6.45, 7) is 10.3. The van der Waals surface area contributed by atoms with Crippen molar-refractivity contribution in [1.29, 1.82) is 0 Å². The molecule has 0 spiro atoms. The third-order valence-corrected chi connectivity index (χ3v) is 4.88. The molecule has 1 aliphatic rings. The Hall–Kier alpha value is -1.65. The fourth-order valence-electron chi connectivity index (χ4n) is 3.20. The van der Waals surface area contributed by atoms with Gasteiger partial charge in [-0.1, -0.05) is 13.3 Å². The molecule has 1 aromatic rings. The third kappa shape index (κ3) is 4.66. The van der Waals surface area contributed by atoms with Gasteiger partial charge in [-0.25, -0.2) is 0 Å². The second-order valence-corrected chi connectivity index (χ2v) is 6.83. The molecule has 2 rings (SSSR count). The molecule has 1 amide bonds. The number of aliphatic imine (C=N–C) groups is 1. The molecule has 0 radical (unpaired) electrons. The first kappa shape index (κ1) is 17.7. The molecule has 128 valence electrons. The Morgan fingerprint density at radius 1 is 1.39 bits per heavy atom.